The van der Waals surface area contributed by atoms with Gasteiger partial charge in [-0.25, -0.2) is 9.59 Å². The Kier molecular flexibility index (Phi) is 11.0. The standard InChI is InChI=1S/C43H39NO8S/c1-28-29(2)35(43(47)52-27-31-11-5-4-6-12-31)22-21-34(28)38-26-33(51-3)19-18-32(38)17-15-30-16-20-37-40(25-30)44(23-9-10-24-53(48,49)50)39-14-8-7-13-36(39)41(37)42(45)46/h4-8,11-22,25-26H,9-10,23-24,27H2,1-3H3,(H-,45,46,48,49,50)/p+1. The topological polar surface area (TPSA) is 131 Å². The van der Waals surface area contributed by atoms with Gasteiger partial charge in [0.2, 0.25) is 11.0 Å². The van der Waals surface area contributed by atoms with Crippen LogP contribution in [0.15, 0.2) is 103 Å². The summed E-state index contributed by atoms with van der Waals surface area (Å²) < 4.78 is 45.2. The maximum Gasteiger partial charge on any atom is 0.338 e. The summed E-state index contributed by atoms with van der Waals surface area (Å²) in [5, 5.41) is 11.4. The van der Waals surface area contributed by atoms with E-state index in [1.807, 2.05) is 109 Å². The normalized spacial score (nSPS) is 11.7. The smallest absolute Gasteiger partial charge is 0.338 e. The largest absolute Gasteiger partial charge is 0.497 e. The zero-order chi connectivity index (χ0) is 37.7. The fraction of sp³-hybridized carbons (Fsp3) is 0.186. The van der Waals surface area contributed by atoms with E-state index in [9.17, 15) is 27.7 Å². The maximum absolute atomic E-state index is 13.1. The quantitative estimate of drug-likeness (QED) is 0.0302. The van der Waals surface area contributed by atoms with Gasteiger partial charge in [-0.2, -0.15) is 13.0 Å². The first-order valence-corrected chi connectivity index (χ1v) is 18.8. The van der Waals surface area contributed by atoms with Crippen molar-refractivity contribution in [2.75, 3.05) is 12.9 Å². The molecule has 0 atom stereocenters. The molecule has 0 radical (unpaired) electrons. The molecule has 270 valence electrons. The van der Waals surface area contributed by atoms with Gasteiger partial charge in [0.1, 0.15) is 18.9 Å². The van der Waals surface area contributed by atoms with Gasteiger partial charge >= 0.3 is 11.9 Å². The van der Waals surface area contributed by atoms with E-state index in [2.05, 4.69) is 0 Å². The van der Waals surface area contributed by atoms with Crippen molar-refractivity contribution in [2.24, 2.45) is 0 Å². The highest BCUT2D eigenvalue weighted by atomic mass is 32.2. The number of aromatic carboxylic acids is 1. The number of hydrogen-bond donors (Lipinski definition) is 2. The lowest BCUT2D eigenvalue weighted by molar-refractivity contribution is -0.645. The van der Waals surface area contributed by atoms with E-state index in [-0.39, 0.29) is 24.3 Å². The average Bonchev–Trinajstić information content (AvgIpc) is 3.15. The third kappa shape index (κ3) is 8.30. The highest BCUT2D eigenvalue weighted by molar-refractivity contribution is 7.85. The summed E-state index contributed by atoms with van der Waals surface area (Å²) in [5.74, 6) is -1.11. The second-order valence-electron chi connectivity index (χ2n) is 12.9. The molecule has 53 heavy (non-hydrogen) atoms. The van der Waals surface area contributed by atoms with Crippen molar-refractivity contribution in [1.29, 1.82) is 0 Å². The van der Waals surface area contributed by atoms with Crippen LogP contribution >= 0.6 is 0 Å². The molecule has 10 heteroatoms. The number of unbranched alkanes of at least 4 members (excludes halogenated alkanes) is 1. The summed E-state index contributed by atoms with van der Waals surface area (Å²) in [5.41, 5.74) is 8.29. The highest BCUT2D eigenvalue weighted by Gasteiger charge is 2.24. The Hall–Kier alpha value is -5.84. The van der Waals surface area contributed by atoms with Gasteiger partial charge in [0.15, 0.2) is 0 Å². The van der Waals surface area contributed by atoms with Crippen molar-refractivity contribution in [1.82, 2.24) is 0 Å². The van der Waals surface area contributed by atoms with E-state index in [4.69, 9.17) is 9.47 Å². The molecule has 1 heterocycles. The van der Waals surface area contributed by atoms with E-state index < -0.39 is 22.1 Å². The number of para-hydroxylation sites is 1. The number of pyridine rings is 1. The van der Waals surface area contributed by atoms with E-state index in [1.165, 1.54) is 0 Å². The number of methoxy groups -OCH3 is 1. The number of nitrogens with zero attached hydrogens (tertiary/aromatic N) is 1. The monoisotopic (exact) mass is 730 g/mol. The number of carboxylic acids is 1. The van der Waals surface area contributed by atoms with Crippen LogP contribution in [0.3, 0.4) is 0 Å². The van der Waals surface area contributed by atoms with Gasteiger partial charge in [-0.1, -0.05) is 72.8 Å². The summed E-state index contributed by atoms with van der Waals surface area (Å²) in [6.45, 7) is 4.49. The lowest BCUT2D eigenvalue weighted by Gasteiger charge is -2.16. The molecule has 0 aliphatic rings. The minimum Gasteiger partial charge on any atom is -0.497 e. The van der Waals surface area contributed by atoms with Gasteiger partial charge in [-0.15, -0.1) is 0 Å². The Bertz CT molecular complexity index is 2490. The maximum atomic E-state index is 13.1. The zero-order valence-corrected chi connectivity index (χ0v) is 30.5. The van der Waals surface area contributed by atoms with Gasteiger partial charge in [0, 0.05) is 18.6 Å². The van der Waals surface area contributed by atoms with Crippen molar-refractivity contribution in [3.8, 4) is 16.9 Å². The van der Waals surface area contributed by atoms with Gasteiger partial charge in [-0.3, -0.25) is 4.55 Å². The van der Waals surface area contributed by atoms with E-state index in [1.54, 1.807) is 31.4 Å². The van der Waals surface area contributed by atoms with Crippen molar-refractivity contribution in [3.63, 3.8) is 0 Å². The summed E-state index contributed by atoms with van der Waals surface area (Å²) in [4.78, 5) is 25.7. The molecule has 0 bridgehead atoms. The lowest BCUT2D eigenvalue weighted by atomic mass is 9.90. The van der Waals surface area contributed by atoms with Crippen LogP contribution in [0.25, 0.3) is 45.1 Å². The Balaban J connectivity index is 1.37. The first-order chi connectivity index (χ1) is 25.4. The minimum atomic E-state index is -4.10. The Morgan fingerprint density at radius 1 is 0.774 bits per heavy atom. The Morgan fingerprint density at radius 2 is 1.51 bits per heavy atom. The average molecular weight is 731 g/mol. The number of aromatic nitrogens is 1. The van der Waals surface area contributed by atoms with Crippen LogP contribution in [0.2, 0.25) is 0 Å². The minimum absolute atomic E-state index is 0.182. The molecule has 0 saturated carbocycles. The van der Waals surface area contributed by atoms with Crippen molar-refractivity contribution >= 4 is 56.0 Å². The van der Waals surface area contributed by atoms with Gasteiger partial charge in [0.25, 0.3) is 10.1 Å². The van der Waals surface area contributed by atoms with Crippen LogP contribution < -0.4 is 9.30 Å². The number of rotatable bonds is 13. The fourth-order valence-electron chi connectivity index (χ4n) is 6.67. The van der Waals surface area contributed by atoms with Crippen LogP contribution in [-0.4, -0.2) is 42.9 Å². The second-order valence-corrected chi connectivity index (χ2v) is 14.4. The number of fused-ring (bicyclic) bond motifs is 2. The van der Waals surface area contributed by atoms with Crippen molar-refractivity contribution < 1.29 is 41.7 Å². The van der Waals surface area contributed by atoms with E-state index in [0.717, 1.165) is 38.9 Å². The molecule has 0 fully saturated rings. The van der Waals surface area contributed by atoms with E-state index in [0.29, 0.717) is 46.1 Å². The predicted octanol–water partition coefficient (Wildman–Crippen LogP) is 8.47. The number of ether oxygens (including phenoxy) is 2. The molecule has 6 rings (SSSR count). The second kappa shape index (κ2) is 15.8. The molecule has 0 aliphatic heterocycles. The first kappa shape index (κ1) is 36.9. The van der Waals surface area contributed by atoms with Crippen LogP contribution in [0, 0.1) is 13.8 Å². The molecule has 0 amide bonds. The first-order valence-electron chi connectivity index (χ1n) is 17.2. The van der Waals surface area contributed by atoms with E-state index >= 15 is 0 Å². The molecule has 1 aromatic heterocycles. The van der Waals surface area contributed by atoms with Crippen LogP contribution in [0.4, 0.5) is 0 Å². The third-order valence-corrected chi connectivity index (χ3v) is 10.3. The number of aryl methyl sites for hydroxylation is 1. The summed E-state index contributed by atoms with van der Waals surface area (Å²) >= 11 is 0. The van der Waals surface area contributed by atoms with Gasteiger partial charge in [0.05, 0.1) is 34.8 Å². The highest BCUT2D eigenvalue weighted by Crippen LogP contribution is 2.35. The number of carbonyl (C=O) groups is 2. The molecular formula is C43H40NO8S+. The van der Waals surface area contributed by atoms with Crippen LogP contribution in [0.1, 0.15) is 61.4 Å². The molecule has 2 N–H and O–H groups in total. The molecule has 5 aromatic carbocycles. The van der Waals surface area contributed by atoms with Gasteiger partial charge in [-0.05, 0) is 89.5 Å². The SMILES string of the molecule is COc1ccc(C=Cc2ccc3c(C(=O)O)c4ccccc4[n+](CCCCS(=O)(=O)O)c3c2)c(-c2ccc(C(=O)OCc3ccccc3)c(C)c2C)c1. The molecule has 0 unspecified atom stereocenters. The summed E-state index contributed by atoms with van der Waals surface area (Å²) in [6.07, 6.45) is 4.65. The molecule has 0 aliphatic carbocycles. The molecule has 9 nitrogen and oxygen atoms in total. The molecule has 0 saturated heterocycles. The summed E-state index contributed by atoms with van der Waals surface area (Å²) in [6, 6.07) is 31.9. The fourth-order valence-corrected chi connectivity index (χ4v) is 7.24. The predicted molar refractivity (Wildman–Crippen MR) is 207 cm³/mol. The number of esters is 1. The lowest BCUT2D eigenvalue weighted by Crippen LogP contribution is -2.36. The van der Waals surface area contributed by atoms with Crippen LogP contribution in [-0.2, 0) is 28.0 Å². The molecular weight excluding hydrogens is 691 g/mol. The number of carboxylic acid groups (broad SMARTS) is 1. The molecule has 6 aromatic rings. The number of hydrogen-bond acceptors (Lipinski definition) is 6. The third-order valence-electron chi connectivity index (χ3n) is 9.52. The van der Waals surface area contributed by atoms with Crippen LogP contribution in [0.5, 0.6) is 5.75 Å². The Morgan fingerprint density at radius 3 is 2.25 bits per heavy atom. The Labute approximate surface area is 308 Å². The summed E-state index contributed by atoms with van der Waals surface area (Å²) in [7, 11) is -2.49. The zero-order valence-electron chi connectivity index (χ0n) is 29.7. The van der Waals surface area contributed by atoms with Gasteiger partial charge < -0.3 is 14.6 Å². The number of carbonyl (C=O) groups excluding carboxylic acids is 1. The van der Waals surface area contributed by atoms with Crippen molar-refractivity contribution in [2.45, 2.75) is 39.8 Å². The van der Waals surface area contributed by atoms with Crippen molar-refractivity contribution in [3.05, 3.63) is 142 Å². The number of benzene rings is 5. The molecule has 0 spiro atoms.